The van der Waals surface area contributed by atoms with Crippen LogP contribution in [-0.2, 0) is 39.8 Å². The Kier molecular flexibility index (Phi) is 11.3. The van der Waals surface area contributed by atoms with Gasteiger partial charge in [-0.25, -0.2) is 8.42 Å². The standard InChI is InChI=1S/C15H15NO7S2.C3H6I.V/c1-21-13-9(4-5-11(17)18)7-10(14-15(13)23-8-22-14)16-25(19,20)12-3-2-6-24-12;1-2-3-4;/h2-3,6-7,16H,4-5,8H2,1H3,(H,17,18);3H,2H2,1H3;/q;-1;. The molecule has 0 fully saturated rings. The number of carboxylic acids is 1. The second-order valence-electron chi connectivity index (χ2n) is 5.68. The normalized spacial score (nSPS) is 11.7. The molecular formula is C18H21INO7S2V-. The summed E-state index contributed by atoms with van der Waals surface area (Å²) >= 11 is 3.31. The van der Waals surface area contributed by atoms with Gasteiger partial charge in [-0.1, -0.05) is 13.0 Å². The van der Waals surface area contributed by atoms with Gasteiger partial charge in [-0.05, 0) is 23.9 Å². The number of aryl methyl sites for hydroxylation is 1. The van der Waals surface area contributed by atoms with Gasteiger partial charge in [0.2, 0.25) is 12.5 Å². The molecule has 2 N–H and O–H groups in total. The summed E-state index contributed by atoms with van der Waals surface area (Å²) in [6.45, 7) is 2.04. The maximum absolute atomic E-state index is 12.5. The number of halogens is 1. The monoisotopic (exact) mass is 605 g/mol. The van der Waals surface area contributed by atoms with Gasteiger partial charge in [0.05, 0.1) is 12.8 Å². The predicted octanol–water partition coefficient (Wildman–Crippen LogP) is 4.29. The number of rotatable bonds is 8. The zero-order chi connectivity index (χ0) is 21.4. The summed E-state index contributed by atoms with van der Waals surface area (Å²) in [5, 5.41) is 10.6. The Hall–Kier alpha value is -1.15. The van der Waals surface area contributed by atoms with E-state index in [1.54, 1.807) is 11.4 Å². The van der Waals surface area contributed by atoms with Crippen LogP contribution >= 0.6 is 33.9 Å². The van der Waals surface area contributed by atoms with Crippen LogP contribution in [0.3, 0.4) is 0 Å². The summed E-state index contributed by atoms with van der Waals surface area (Å²) in [4.78, 5) is 10.9. The van der Waals surface area contributed by atoms with E-state index in [0.29, 0.717) is 11.3 Å². The van der Waals surface area contributed by atoms with E-state index in [1.807, 2.05) is 0 Å². The zero-order valence-electron chi connectivity index (χ0n) is 16.3. The number of anilines is 1. The Bertz CT molecular complexity index is 935. The maximum Gasteiger partial charge on any atom is 0.303 e. The Morgan fingerprint density at radius 3 is 2.60 bits per heavy atom. The van der Waals surface area contributed by atoms with Gasteiger partial charge >= 0.3 is 5.97 Å². The van der Waals surface area contributed by atoms with E-state index in [4.69, 9.17) is 19.3 Å². The molecule has 1 aliphatic rings. The second-order valence-corrected chi connectivity index (χ2v) is 9.41. The zero-order valence-corrected chi connectivity index (χ0v) is 21.4. The number of ether oxygens (including phenoxy) is 3. The first-order valence-corrected chi connectivity index (χ1v) is 12.1. The molecule has 3 rings (SSSR count). The molecular weight excluding hydrogens is 584 g/mol. The van der Waals surface area contributed by atoms with Crippen LogP contribution in [0.25, 0.3) is 0 Å². The number of nitrogens with one attached hydrogen (secondary N) is 1. The number of methoxy groups -OCH3 is 1. The van der Waals surface area contributed by atoms with Crippen LogP contribution in [0, 0.1) is 4.43 Å². The van der Waals surface area contributed by atoms with Crippen molar-refractivity contribution in [3.05, 3.63) is 33.6 Å². The van der Waals surface area contributed by atoms with Gasteiger partial charge in [0.25, 0.3) is 10.0 Å². The largest absolute Gasteiger partial charge is 0.492 e. The predicted molar refractivity (Wildman–Crippen MR) is 119 cm³/mol. The van der Waals surface area contributed by atoms with Crippen molar-refractivity contribution in [1.82, 2.24) is 0 Å². The van der Waals surface area contributed by atoms with Crippen LogP contribution in [0.15, 0.2) is 27.8 Å². The number of carbonyl (C=O) groups is 1. The van der Waals surface area contributed by atoms with E-state index in [9.17, 15) is 13.2 Å². The van der Waals surface area contributed by atoms with Gasteiger partial charge in [-0.15, -0.1) is 11.3 Å². The van der Waals surface area contributed by atoms with Crippen molar-refractivity contribution >= 4 is 55.6 Å². The first-order valence-electron chi connectivity index (χ1n) is 8.53. The quantitative estimate of drug-likeness (QED) is 0.341. The minimum absolute atomic E-state index is 0. The molecule has 2 aromatic rings. The molecule has 0 atom stereocenters. The molecule has 0 spiro atoms. The molecule has 0 saturated carbocycles. The summed E-state index contributed by atoms with van der Waals surface area (Å²) in [6.07, 6.45) is 1.20. The average Bonchev–Trinajstić information content (AvgIpc) is 3.38. The number of thiophene rings is 1. The topological polar surface area (TPSA) is 111 Å². The molecule has 0 unspecified atom stereocenters. The van der Waals surface area contributed by atoms with Crippen molar-refractivity contribution in [1.29, 1.82) is 0 Å². The third-order valence-electron chi connectivity index (χ3n) is 3.64. The molecule has 0 amide bonds. The molecule has 30 heavy (non-hydrogen) atoms. The van der Waals surface area contributed by atoms with E-state index in [1.165, 1.54) is 25.7 Å². The second kappa shape index (κ2) is 12.6. The third kappa shape index (κ3) is 6.94. The van der Waals surface area contributed by atoms with Crippen LogP contribution in [0.4, 0.5) is 5.69 Å². The number of sulfonamides is 1. The molecule has 12 heteroatoms. The fourth-order valence-electron chi connectivity index (χ4n) is 2.44. The average molecular weight is 605 g/mol. The fraction of sp³-hybridized carbons (Fsp3) is 0.333. The van der Waals surface area contributed by atoms with Crippen LogP contribution in [0.5, 0.6) is 17.2 Å². The molecule has 0 bridgehead atoms. The number of carboxylic acid groups (broad SMARTS) is 1. The molecule has 2 heterocycles. The molecule has 1 radical (unpaired) electrons. The van der Waals surface area contributed by atoms with E-state index in [-0.39, 0.29) is 59.6 Å². The summed E-state index contributed by atoms with van der Waals surface area (Å²) in [6, 6.07) is 4.63. The molecule has 8 nitrogen and oxygen atoms in total. The van der Waals surface area contributed by atoms with E-state index >= 15 is 0 Å². The molecule has 165 valence electrons. The van der Waals surface area contributed by atoms with Gasteiger partial charge in [0.1, 0.15) is 4.21 Å². The molecule has 1 aromatic carbocycles. The first-order chi connectivity index (χ1) is 13.8. The van der Waals surface area contributed by atoms with Crippen LogP contribution in [0.1, 0.15) is 25.3 Å². The Balaban J connectivity index is 0.000000827. The summed E-state index contributed by atoms with van der Waals surface area (Å²) in [5.41, 5.74) is 0.695. The molecule has 1 aliphatic heterocycles. The first kappa shape index (κ1) is 26.9. The number of hydrogen-bond acceptors (Lipinski definition) is 7. The van der Waals surface area contributed by atoms with Crippen molar-refractivity contribution in [2.75, 3.05) is 18.6 Å². The number of fused-ring (bicyclic) bond motifs is 1. The summed E-state index contributed by atoms with van der Waals surface area (Å²) in [5.74, 6) is -0.154. The van der Waals surface area contributed by atoms with E-state index in [0.717, 1.165) is 11.3 Å². The number of hydrogen-bond donors (Lipinski definition) is 2. The van der Waals surface area contributed by atoms with Gasteiger partial charge < -0.3 is 41.9 Å². The molecule has 0 saturated heterocycles. The Morgan fingerprint density at radius 2 is 2.07 bits per heavy atom. The van der Waals surface area contributed by atoms with E-state index < -0.39 is 16.0 Å². The molecule has 1 aromatic heterocycles. The van der Waals surface area contributed by atoms with Crippen molar-refractivity contribution in [3.8, 4) is 17.2 Å². The number of aliphatic carboxylic acids is 1. The van der Waals surface area contributed by atoms with Crippen molar-refractivity contribution < 1.29 is 51.1 Å². The van der Waals surface area contributed by atoms with Crippen LogP contribution in [0.2, 0.25) is 0 Å². The smallest absolute Gasteiger partial charge is 0.303 e. The Morgan fingerprint density at radius 1 is 1.40 bits per heavy atom. The fourth-order valence-corrected chi connectivity index (χ4v) is 4.48. The third-order valence-corrected chi connectivity index (χ3v) is 7.29. The molecule has 0 aliphatic carbocycles. The minimum atomic E-state index is -3.78. The minimum Gasteiger partial charge on any atom is -0.492 e. The van der Waals surface area contributed by atoms with Gasteiger partial charge in [0.15, 0.2) is 11.5 Å². The van der Waals surface area contributed by atoms with Crippen LogP contribution in [-0.4, -0.2) is 33.4 Å². The summed E-state index contributed by atoms with van der Waals surface area (Å²) in [7, 11) is -2.36. The Labute approximate surface area is 205 Å². The van der Waals surface area contributed by atoms with Crippen molar-refractivity contribution in [3.63, 3.8) is 0 Å². The van der Waals surface area contributed by atoms with E-state index in [2.05, 4.69) is 38.7 Å². The van der Waals surface area contributed by atoms with Crippen molar-refractivity contribution in [2.45, 2.75) is 30.4 Å². The summed E-state index contributed by atoms with van der Waals surface area (Å²) < 4.78 is 45.7. The van der Waals surface area contributed by atoms with Crippen LogP contribution < -0.4 is 18.9 Å². The van der Waals surface area contributed by atoms with Crippen molar-refractivity contribution in [2.24, 2.45) is 0 Å². The van der Waals surface area contributed by atoms with Gasteiger partial charge in [-0.2, -0.15) is 6.42 Å². The van der Waals surface area contributed by atoms with Gasteiger partial charge in [-0.3, -0.25) is 13.9 Å². The SMILES string of the molecule is CC[CH-]I.COc1c(CCC(=O)O)cc(NS(=O)(=O)c2cccs2)c2c1OCO2.[V]. The number of benzene rings is 1. The maximum atomic E-state index is 12.5. The van der Waals surface area contributed by atoms with Gasteiger partial charge in [0, 0.05) is 30.5 Å².